The van der Waals surface area contributed by atoms with Gasteiger partial charge >= 0.3 is 5.97 Å². The first-order chi connectivity index (χ1) is 16.2. The zero-order valence-corrected chi connectivity index (χ0v) is 19.8. The topological polar surface area (TPSA) is 125 Å². The average molecular weight is 482 g/mol. The molecule has 11 heteroatoms. The number of pyridine rings is 1. The summed E-state index contributed by atoms with van der Waals surface area (Å²) in [6.07, 6.45) is 2.94. The lowest BCUT2D eigenvalue weighted by atomic mass is 10.1. The van der Waals surface area contributed by atoms with Crippen molar-refractivity contribution in [2.45, 2.75) is 24.8 Å². The van der Waals surface area contributed by atoms with Crippen LogP contribution in [0.2, 0.25) is 0 Å². The van der Waals surface area contributed by atoms with Crippen LogP contribution in [0.1, 0.15) is 45.1 Å². The smallest absolute Gasteiger partial charge is 0.356 e. The van der Waals surface area contributed by atoms with Crippen LogP contribution in [-0.2, 0) is 14.8 Å². The summed E-state index contributed by atoms with van der Waals surface area (Å²) in [5.74, 6) is -1.11. The minimum absolute atomic E-state index is 0.0552. The summed E-state index contributed by atoms with van der Waals surface area (Å²) in [4.78, 5) is 28.9. The monoisotopic (exact) mass is 481 g/mol. The number of carbonyl (C=O) groups excluding carboxylic acids is 2. The molecule has 10 nitrogen and oxygen atoms in total. The van der Waals surface area contributed by atoms with Crippen molar-refractivity contribution in [2.75, 3.05) is 14.2 Å². The highest BCUT2D eigenvalue weighted by molar-refractivity contribution is 7.90. The fraction of sp³-hybridized carbons (Fsp3) is 0.217. The van der Waals surface area contributed by atoms with E-state index in [0.717, 1.165) is 9.54 Å². The van der Waals surface area contributed by atoms with Crippen molar-refractivity contribution in [3.63, 3.8) is 0 Å². The summed E-state index contributed by atoms with van der Waals surface area (Å²) in [5, 5.41) is 7.35. The molecule has 0 fully saturated rings. The number of hydrogen-bond donors (Lipinski definition) is 1. The predicted molar refractivity (Wildman–Crippen MR) is 124 cm³/mol. The number of ether oxygens (including phenoxy) is 1. The first-order valence-electron chi connectivity index (χ1n) is 10.4. The third-order valence-corrected chi connectivity index (χ3v) is 7.25. The molecule has 1 atom stereocenters. The van der Waals surface area contributed by atoms with Crippen LogP contribution in [0.15, 0.2) is 59.8 Å². The van der Waals surface area contributed by atoms with Gasteiger partial charge in [-0.1, -0.05) is 17.7 Å². The Bertz CT molecular complexity index is 1500. The normalized spacial score (nSPS) is 12.5. The number of esters is 1. The van der Waals surface area contributed by atoms with Crippen molar-refractivity contribution in [2.24, 2.45) is 0 Å². The lowest BCUT2D eigenvalue weighted by Crippen LogP contribution is -2.20. The van der Waals surface area contributed by atoms with Gasteiger partial charge in [0, 0.05) is 30.9 Å². The Morgan fingerprint density at radius 3 is 2.47 bits per heavy atom. The molecule has 0 saturated heterocycles. The Hall–Kier alpha value is -3.99. The number of aryl methyl sites for hydroxylation is 1. The van der Waals surface area contributed by atoms with Gasteiger partial charge in [-0.2, -0.15) is 5.10 Å². The second-order valence-electron chi connectivity index (χ2n) is 7.67. The van der Waals surface area contributed by atoms with E-state index in [1.807, 2.05) is 6.92 Å². The van der Waals surface area contributed by atoms with Gasteiger partial charge in [0.15, 0.2) is 11.3 Å². The number of nitrogens with zero attached hydrogens (tertiary/aromatic N) is 4. The quantitative estimate of drug-likeness (QED) is 0.420. The number of benzene rings is 1. The number of aromatic nitrogens is 4. The number of fused-ring (bicyclic) bond motifs is 1. The first-order valence-corrected chi connectivity index (χ1v) is 11.8. The minimum atomic E-state index is -3.88. The SMILES string of the molecule is CNC(=O)c1cc(C(=O)OC)n(C(C)c2ccnc3c2ccn3S(=O)(=O)c2ccc(C)cc2)n1. The maximum absolute atomic E-state index is 13.3. The molecule has 176 valence electrons. The number of carbonyl (C=O) groups is 2. The molecule has 0 spiro atoms. The van der Waals surface area contributed by atoms with E-state index in [1.54, 1.807) is 43.3 Å². The Morgan fingerprint density at radius 2 is 1.82 bits per heavy atom. The van der Waals surface area contributed by atoms with Gasteiger partial charge in [-0.15, -0.1) is 0 Å². The summed E-state index contributed by atoms with van der Waals surface area (Å²) in [6.45, 7) is 3.66. The van der Waals surface area contributed by atoms with Crippen LogP contribution in [0.25, 0.3) is 11.0 Å². The highest BCUT2D eigenvalue weighted by Crippen LogP contribution is 2.29. The highest BCUT2D eigenvalue weighted by atomic mass is 32.2. The van der Waals surface area contributed by atoms with E-state index >= 15 is 0 Å². The maximum atomic E-state index is 13.3. The predicted octanol–water partition coefficient (Wildman–Crippen LogP) is 2.53. The fourth-order valence-electron chi connectivity index (χ4n) is 3.74. The lowest BCUT2D eigenvalue weighted by molar-refractivity contribution is 0.0585. The van der Waals surface area contributed by atoms with Gasteiger partial charge < -0.3 is 10.1 Å². The zero-order chi connectivity index (χ0) is 24.6. The average Bonchev–Trinajstić information content (AvgIpc) is 3.48. The second-order valence-corrected chi connectivity index (χ2v) is 9.49. The number of rotatable bonds is 6. The molecular weight excluding hydrogens is 458 g/mol. The molecule has 3 aromatic heterocycles. The third kappa shape index (κ3) is 3.83. The molecule has 34 heavy (non-hydrogen) atoms. The molecule has 0 bridgehead atoms. The van der Waals surface area contributed by atoms with E-state index in [-0.39, 0.29) is 21.9 Å². The largest absolute Gasteiger partial charge is 0.464 e. The van der Waals surface area contributed by atoms with E-state index in [0.29, 0.717) is 10.9 Å². The second kappa shape index (κ2) is 8.75. The summed E-state index contributed by atoms with van der Waals surface area (Å²) in [6, 6.07) is 10.7. The van der Waals surface area contributed by atoms with Gasteiger partial charge in [-0.25, -0.2) is 22.2 Å². The Balaban J connectivity index is 1.84. The van der Waals surface area contributed by atoms with Gasteiger partial charge in [0.2, 0.25) is 0 Å². The van der Waals surface area contributed by atoms with Gasteiger partial charge in [0.25, 0.3) is 15.9 Å². The summed E-state index contributed by atoms with van der Waals surface area (Å²) < 4.78 is 33.9. The number of nitrogens with one attached hydrogen (secondary N) is 1. The van der Waals surface area contributed by atoms with E-state index < -0.39 is 27.9 Å². The van der Waals surface area contributed by atoms with E-state index in [2.05, 4.69) is 15.4 Å². The molecule has 1 unspecified atom stereocenters. The fourth-order valence-corrected chi connectivity index (χ4v) is 5.04. The molecule has 0 aliphatic carbocycles. The van der Waals surface area contributed by atoms with E-state index in [4.69, 9.17) is 4.74 Å². The van der Waals surface area contributed by atoms with Crippen LogP contribution >= 0.6 is 0 Å². The third-order valence-electron chi connectivity index (χ3n) is 5.57. The van der Waals surface area contributed by atoms with Crippen molar-refractivity contribution in [3.05, 3.63) is 77.4 Å². The van der Waals surface area contributed by atoms with Crippen molar-refractivity contribution in [3.8, 4) is 0 Å². The molecule has 1 aromatic carbocycles. The standard InChI is InChI=1S/C23H23N5O5S/c1-14-5-7-16(8-6-14)34(31,32)27-12-10-18-17(9-11-25-21(18)27)15(2)28-20(23(30)33-4)13-19(26-28)22(29)24-3/h5-13,15H,1-4H3,(H,24,29). The van der Waals surface area contributed by atoms with Crippen LogP contribution in [-0.4, -0.2) is 53.2 Å². The van der Waals surface area contributed by atoms with Crippen molar-refractivity contribution < 1.29 is 22.7 Å². The molecule has 1 amide bonds. The van der Waals surface area contributed by atoms with Crippen LogP contribution in [0, 0.1) is 6.92 Å². The number of methoxy groups -OCH3 is 1. The van der Waals surface area contributed by atoms with Crippen LogP contribution < -0.4 is 5.32 Å². The highest BCUT2D eigenvalue weighted by Gasteiger charge is 2.26. The summed E-state index contributed by atoms with van der Waals surface area (Å²) >= 11 is 0. The molecule has 4 rings (SSSR count). The summed E-state index contributed by atoms with van der Waals surface area (Å²) in [5.41, 5.74) is 2.00. The molecule has 4 aromatic rings. The molecular formula is C23H23N5O5S. The minimum Gasteiger partial charge on any atom is -0.464 e. The van der Waals surface area contributed by atoms with Gasteiger partial charge in [0.05, 0.1) is 18.0 Å². The molecule has 0 aliphatic heterocycles. The van der Waals surface area contributed by atoms with E-state index in [9.17, 15) is 18.0 Å². The van der Waals surface area contributed by atoms with Gasteiger partial charge in [-0.3, -0.25) is 9.48 Å². The maximum Gasteiger partial charge on any atom is 0.356 e. The molecule has 0 aliphatic rings. The van der Waals surface area contributed by atoms with Gasteiger partial charge in [-0.05, 0) is 43.7 Å². The lowest BCUT2D eigenvalue weighted by Gasteiger charge is -2.16. The van der Waals surface area contributed by atoms with Gasteiger partial charge in [0.1, 0.15) is 5.69 Å². The number of hydrogen-bond acceptors (Lipinski definition) is 7. The molecule has 0 radical (unpaired) electrons. The van der Waals surface area contributed by atoms with Crippen molar-refractivity contribution in [1.29, 1.82) is 0 Å². The van der Waals surface area contributed by atoms with Crippen LogP contribution in [0.3, 0.4) is 0 Å². The first kappa shape index (κ1) is 23.2. The Morgan fingerprint density at radius 1 is 1.12 bits per heavy atom. The Labute approximate surface area is 196 Å². The zero-order valence-electron chi connectivity index (χ0n) is 19.0. The molecule has 0 saturated carbocycles. The number of amides is 1. The van der Waals surface area contributed by atoms with Crippen molar-refractivity contribution in [1.82, 2.24) is 24.1 Å². The van der Waals surface area contributed by atoms with E-state index in [1.165, 1.54) is 37.3 Å². The molecule has 3 heterocycles. The van der Waals surface area contributed by atoms with Crippen molar-refractivity contribution >= 4 is 32.9 Å². The van der Waals surface area contributed by atoms with Crippen LogP contribution in [0.5, 0.6) is 0 Å². The molecule has 1 N–H and O–H groups in total. The Kier molecular flexibility index (Phi) is 5.96. The van der Waals surface area contributed by atoms with Crippen LogP contribution in [0.4, 0.5) is 0 Å². The summed E-state index contributed by atoms with van der Waals surface area (Å²) in [7, 11) is -1.17.